The molecule has 0 saturated heterocycles. The maximum Gasteiger partial charge on any atom is 0.142 e. The molecule has 0 aromatic carbocycles. The molecule has 2 saturated carbocycles. The van der Waals surface area contributed by atoms with Gasteiger partial charge in [-0.25, -0.2) is 0 Å². The summed E-state index contributed by atoms with van der Waals surface area (Å²) in [7, 11) is 0. The van der Waals surface area contributed by atoms with Gasteiger partial charge >= 0.3 is 0 Å². The van der Waals surface area contributed by atoms with Crippen LogP contribution in [0.4, 0.5) is 0 Å². The Morgan fingerprint density at radius 3 is 2.35 bits per heavy atom. The normalized spacial score (nSPS) is 29.4. The van der Waals surface area contributed by atoms with Crippen molar-refractivity contribution in [2.45, 2.75) is 65.3 Å². The van der Waals surface area contributed by atoms with Gasteiger partial charge in [0.05, 0.1) is 0 Å². The Kier molecular flexibility index (Phi) is 3.92. The first-order valence-electron chi connectivity index (χ1n) is 7.33. The minimum Gasteiger partial charge on any atom is -0.300 e. The first-order valence-corrected chi connectivity index (χ1v) is 7.33. The van der Waals surface area contributed by atoms with E-state index in [2.05, 4.69) is 25.7 Å². The molecule has 0 amide bonds. The van der Waals surface area contributed by atoms with Crippen LogP contribution in [-0.2, 0) is 4.79 Å². The largest absolute Gasteiger partial charge is 0.300 e. The molecule has 98 valence electrons. The molecule has 0 spiro atoms. The minimum atomic E-state index is -0.0558. The monoisotopic (exact) mass is 237 g/mol. The smallest absolute Gasteiger partial charge is 0.142 e. The molecule has 0 aromatic heterocycles. The Hall–Kier alpha value is -0.370. The van der Waals surface area contributed by atoms with Gasteiger partial charge in [-0.05, 0) is 32.2 Å². The van der Waals surface area contributed by atoms with E-state index in [0.717, 1.165) is 32.0 Å². The average molecular weight is 237 g/mol. The lowest BCUT2D eigenvalue weighted by Gasteiger charge is -2.30. The topological polar surface area (TPSA) is 20.3 Å². The van der Waals surface area contributed by atoms with Crippen molar-refractivity contribution in [3.8, 4) is 0 Å². The second-order valence-corrected chi connectivity index (χ2v) is 6.51. The molecule has 0 aliphatic heterocycles. The van der Waals surface area contributed by atoms with Gasteiger partial charge in [0.2, 0.25) is 0 Å². The van der Waals surface area contributed by atoms with Crippen molar-refractivity contribution in [3.05, 3.63) is 0 Å². The minimum absolute atomic E-state index is 0.0558. The number of hydrogen-bond donors (Lipinski definition) is 0. The molecular formula is C15H27NO. The SMILES string of the molecule is CCN(CC1CCC(C)(C)C1=O)C1CCCC1. The zero-order valence-electron chi connectivity index (χ0n) is 11.7. The molecule has 1 unspecified atom stereocenters. The van der Waals surface area contributed by atoms with Crippen LogP contribution >= 0.6 is 0 Å². The molecule has 0 aromatic rings. The summed E-state index contributed by atoms with van der Waals surface area (Å²) in [5, 5.41) is 0. The number of Topliss-reactive ketones (excluding diaryl/α,β-unsaturated/α-hetero) is 1. The zero-order chi connectivity index (χ0) is 12.5. The molecule has 2 fully saturated rings. The third-order valence-corrected chi connectivity index (χ3v) is 4.86. The van der Waals surface area contributed by atoms with Crippen molar-refractivity contribution in [2.75, 3.05) is 13.1 Å². The molecule has 0 heterocycles. The molecule has 2 aliphatic carbocycles. The lowest BCUT2D eigenvalue weighted by atomic mass is 9.89. The van der Waals surface area contributed by atoms with Crippen LogP contribution in [0.25, 0.3) is 0 Å². The van der Waals surface area contributed by atoms with E-state index in [0.29, 0.717) is 11.7 Å². The number of carbonyl (C=O) groups excluding carboxylic acids is 1. The Labute approximate surface area is 106 Å². The van der Waals surface area contributed by atoms with Gasteiger partial charge in [-0.1, -0.05) is 33.6 Å². The fourth-order valence-electron chi connectivity index (χ4n) is 3.61. The van der Waals surface area contributed by atoms with Gasteiger partial charge in [-0.2, -0.15) is 0 Å². The Morgan fingerprint density at radius 1 is 1.24 bits per heavy atom. The number of nitrogens with zero attached hydrogens (tertiary/aromatic N) is 1. The summed E-state index contributed by atoms with van der Waals surface area (Å²) < 4.78 is 0. The molecule has 1 atom stereocenters. The van der Waals surface area contributed by atoms with Crippen molar-refractivity contribution in [1.82, 2.24) is 4.90 Å². The fourth-order valence-corrected chi connectivity index (χ4v) is 3.61. The molecule has 0 N–H and O–H groups in total. The molecule has 2 rings (SSSR count). The lowest BCUT2D eigenvalue weighted by Crippen LogP contribution is -2.39. The molecule has 0 radical (unpaired) electrons. The summed E-state index contributed by atoms with van der Waals surface area (Å²) in [6, 6.07) is 0.761. The summed E-state index contributed by atoms with van der Waals surface area (Å²) in [6.07, 6.45) is 7.64. The predicted octanol–water partition coefficient (Wildman–Crippen LogP) is 3.26. The van der Waals surface area contributed by atoms with Crippen LogP contribution in [0.5, 0.6) is 0 Å². The van der Waals surface area contributed by atoms with E-state index in [-0.39, 0.29) is 5.41 Å². The van der Waals surface area contributed by atoms with Crippen LogP contribution in [0.3, 0.4) is 0 Å². The molecule has 2 nitrogen and oxygen atoms in total. The first-order chi connectivity index (χ1) is 8.04. The Bertz CT molecular complexity index is 279. The van der Waals surface area contributed by atoms with E-state index in [9.17, 15) is 4.79 Å². The summed E-state index contributed by atoms with van der Waals surface area (Å²) in [5.41, 5.74) is -0.0558. The molecular weight excluding hydrogens is 210 g/mol. The van der Waals surface area contributed by atoms with Crippen molar-refractivity contribution >= 4 is 5.78 Å². The van der Waals surface area contributed by atoms with Crippen LogP contribution in [-0.4, -0.2) is 29.8 Å². The maximum atomic E-state index is 12.3. The highest BCUT2D eigenvalue weighted by Gasteiger charge is 2.41. The Balaban J connectivity index is 1.93. The Morgan fingerprint density at radius 2 is 1.88 bits per heavy atom. The summed E-state index contributed by atoms with van der Waals surface area (Å²) >= 11 is 0. The van der Waals surface area contributed by atoms with Gasteiger partial charge in [-0.15, -0.1) is 0 Å². The number of ketones is 1. The van der Waals surface area contributed by atoms with Gasteiger partial charge in [0, 0.05) is 23.9 Å². The van der Waals surface area contributed by atoms with Crippen molar-refractivity contribution in [1.29, 1.82) is 0 Å². The molecule has 17 heavy (non-hydrogen) atoms. The van der Waals surface area contributed by atoms with Crippen LogP contribution in [0, 0.1) is 11.3 Å². The zero-order valence-corrected chi connectivity index (χ0v) is 11.7. The molecule has 0 bridgehead atoms. The van der Waals surface area contributed by atoms with Gasteiger partial charge in [-0.3, -0.25) is 9.69 Å². The van der Waals surface area contributed by atoms with Crippen molar-refractivity contribution < 1.29 is 4.79 Å². The predicted molar refractivity (Wildman–Crippen MR) is 71.0 cm³/mol. The highest BCUT2D eigenvalue weighted by molar-refractivity contribution is 5.88. The second kappa shape index (κ2) is 5.09. The maximum absolute atomic E-state index is 12.3. The number of rotatable bonds is 4. The van der Waals surface area contributed by atoms with E-state index in [1.165, 1.54) is 25.7 Å². The van der Waals surface area contributed by atoms with Crippen molar-refractivity contribution in [2.24, 2.45) is 11.3 Å². The highest BCUT2D eigenvalue weighted by atomic mass is 16.1. The van der Waals surface area contributed by atoms with Crippen LogP contribution < -0.4 is 0 Å². The van der Waals surface area contributed by atoms with Crippen LogP contribution in [0.1, 0.15) is 59.3 Å². The van der Waals surface area contributed by atoms with Gasteiger partial charge in [0.25, 0.3) is 0 Å². The van der Waals surface area contributed by atoms with E-state index >= 15 is 0 Å². The number of carbonyl (C=O) groups is 1. The van der Waals surface area contributed by atoms with Gasteiger partial charge in [0.1, 0.15) is 5.78 Å². The van der Waals surface area contributed by atoms with Crippen LogP contribution in [0.2, 0.25) is 0 Å². The average Bonchev–Trinajstić information content (AvgIpc) is 2.89. The summed E-state index contributed by atoms with van der Waals surface area (Å²) in [4.78, 5) is 14.8. The lowest BCUT2D eigenvalue weighted by molar-refractivity contribution is -0.128. The standard InChI is InChI=1S/C15H27NO/c1-4-16(13-7-5-6-8-13)11-12-9-10-15(2,3)14(12)17/h12-13H,4-11H2,1-3H3. The van der Waals surface area contributed by atoms with Crippen LogP contribution in [0.15, 0.2) is 0 Å². The third kappa shape index (κ3) is 2.73. The second-order valence-electron chi connectivity index (χ2n) is 6.51. The van der Waals surface area contributed by atoms with Crippen molar-refractivity contribution in [3.63, 3.8) is 0 Å². The highest BCUT2D eigenvalue weighted by Crippen LogP contribution is 2.38. The quantitative estimate of drug-likeness (QED) is 0.748. The van der Waals surface area contributed by atoms with Gasteiger partial charge < -0.3 is 0 Å². The first kappa shape index (κ1) is 13.1. The summed E-state index contributed by atoms with van der Waals surface area (Å²) in [5.74, 6) is 0.819. The number of hydrogen-bond acceptors (Lipinski definition) is 2. The van der Waals surface area contributed by atoms with E-state index in [1.807, 2.05) is 0 Å². The van der Waals surface area contributed by atoms with E-state index in [4.69, 9.17) is 0 Å². The van der Waals surface area contributed by atoms with E-state index in [1.54, 1.807) is 0 Å². The fraction of sp³-hybridized carbons (Fsp3) is 0.933. The third-order valence-electron chi connectivity index (χ3n) is 4.86. The van der Waals surface area contributed by atoms with Gasteiger partial charge in [0.15, 0.2) is 0 Å². The van der Waals surface area contributed by atoms with E-state index < -0.39 is 0 Å². The molecule has 2 heteroatoms. The molecule has 2 aliphatic rings. The summed E-state index contributed by atoms with van der Waals surface area (Å²) in [6.45, 7) is 8.59.